The van der Waals surface area contributed by atoms with Crippen LogP contribution in [0, 0.1) is 12.8 Å². The van der Waals surface area contributed by atoms with Crippen LogP contribution in [0.4, 0.5) is 0 Å². The Morgan fingerprint density at radius 1 is 1.29 bits per heavy atom. The van der Waals surface area contributed by atoms with Crippen LogP contribution >= 0.6 is 0 Å². The number of likely N-dealkylation sites (tertiary alicyclic amines) is 1. The van der Waals surface area contributed by atoms with Gasteiger partial charge < -0.3 is 19.7 Å². The fourth-order valence-electron chi connectivity index (χ4n) is 2.96. The van der Waals surface area contributed by atoms with E-state index < -0.39 is 0 Å². The molecule has 134 valence electrons. The maximum absolute atomic E-state index is 5.66. The number of hydrogen-bond donors (Lipinski definition) is 1. The Labute approximate surface area is 146 Å². The van der Waals surface area contributed by atoms with Crippen molar-refractivity contribution in [3.63, 3.8) is 0 Å². The Bertz CT molecular complexity index is 502. The predicted octanol–water partition coefficient (Wildman–Crippen LogP) is 2.10. The minimum atomic E-state index is 0.581. The third-order valence-electron chi connectivity index (χ3n) is 4.40. The third-order valence-corrected chi connectivity index (χ3v) is 4.40. The zero-order valence-electron chi connectivity index (χ0n) is 15.3. The van der Waals surface area contributed by atoms with Crippen LogP contribution in [0.2, 0.25) is 0 Å². The summed E-state index contributed by atoms with van der Waals surface area (Å²) < 4.78 is 10.7. The molecule has 1 aromatic rings. The second kappa shape index (κ2) is 10.3. The van der Waals surface area contributed by atoms with E-state index in [2.05, 4.69) is 46.4 Å². The lowest BCUT2D eigenvalue weighted by Crippen LogP contribution is -2.41. The molecule has 5 nitrogen and oxygen atoms in total. The highest BCUT2D eigenvalue weighted by molar-refractivity contribution is 5.80. The summed E-state index contributed by atoms with van der Waals surface area (Å²) >= 11 is 0. The van der Waals surface area contributed by atoms with Crippen LogP contribution in [-0.4, -0.2) is 64.5 Å². The van der Waals surface area contributed by atoms with E-state index in [0.717, 1.165) is 45.0 Å². The third kappa shape index (κ3) is 6.13. The van der Waals surface area contributed by atoms with Crippen LogP contribution in [0.3, 0.4) is 0 Å². The Morgan fingerprint density at radius 3 is 2.79 bits per heavy atom. The van der Waals surface area contributed by atoms with E-state index in [0.29, 0.717) is 19.1 Å². The zero-order chi connectivity index (χ0) is 17.2. The second-order valence-electron chi connectivity index (χ2n) is 6.38. The van der Waals surface area contributed by atoms with Gasteiger partial charge in [-0.05, 0) is 25.3 Å². The Hall–Kier alpha value is -1.59. The van der Waals surface area contributed by atoms with Crippen molar-refractivity contribution in [1.29, 1.82) is 0 Å². The van der Waals surface area contributed by atoms with Crippen molar-refractivity contribution in [3.8, 4) is 0 Å². The highest BCUT2D eigenvalue weighted by Gasteiger charge is 2.24. The average molecular weight is 333 g/mol. The Balaban J connectivity index is 1.69. The number of hydrogen-bond acceptors (Lipinski definition) is 3. The number of rotatable bonds is 8. The normalized spacial score (nSPS) is 18.2. The second-order valence-corrected chi connectivity index (χ2v) is 6.38. The van der Waals surface area contributed by atoms with Crippen LogP contribution in [0.5, 0.6) is 0 Å². The number of nitrogens with zero attached hydrogens (tertiary/aromatic N) is 2. The van der Waals surface area contributed by atoms with Crippen LogP contribution < -0.4 is 5.32 Å². The molecule has 1 fully saturated rings. The molecule has 1 aliphatic rings. The summed E-state index contributed by atoms with van der Waals surface area (Å²) in [6.45, 7) is 7.23. The number of nitrogens with one attached hydrogen (secondary N) is 1. The van der Waals surface area contributed by atoms with E-state index >= 15 is 0 Å². The van der Waals surface area contributed by atoms with Crippen LogP contribution in [0.1, 0.15) is 17.5 Å². The molecular formula is C19H31N3O2. The molecule has 1 atom stereocenters. The van der Waals surface area contributed by atoms with E-state index in [4.69, 9.17) is 9.47 Å². The lowest BCUT2D eigenvalue weighted by atomic mass is 10.1. The van der Waals surface area contributed by atoms with Gasteiger partial charge in [-0.25, -0.2) is 0 Å². The van der Waals surface area contributed by atoms with E-state index in [1.807, 2.05) is 7.05 Å². The first-order chi connectivity index (χ1) is 11.7. The molecule has 0 amide bonds. The number of benzene rings is 1. The predicted molar refractivity (Wildman–Crippen MR) is 98.6 cm³/mol. The van der Waals surface area contributed by atoms with Gasteiger partial charge in [-0.15, -0.1) is 0 Å². The van der Waals surface area contributed by atoms with E-state index in [-0.39, 0.29) is 0 Å². The van der Waals surface area contributed by atoms with Gasteiger partial charge in [-0.1, -0.05) is 29.8 Å². The summed E-state index contributed by atoms with van der Waals surface area (Å²) in [5, 5.41) is 3.49. The quantitative estimate of drug-likeness (QED) is 0.450. The van der Waals surface area contributed by atoms with Crippen LogP contribution in [-0.2, 0) is 15.9 Å². The number of guanidine groups is 1. The molecule has 5 heteroatoms. The minimum Gasteiger partial charge on any atom is -0.382 e. The van der Waals surface area contributed by atoms with Crippen molar-refractivity contribution in [2.75, 3.05) is 53.6 Å². The lowest BCUT2D eigenvalue weighted by Gasteiger charge is -2.21. The molecule has 0 aromatic heterocycles. The summed E-state index contributed by atoms with van der Waals surface area (Å²) in [6, 6.07) is 8.73. The van der Waals surface area contributed by atoms with E-state index in [9.17, 15) is 0 Å². The summed E-state index contributed by atoms with van der Waals surface area (Å²) in [4.78, 5) is 6.76. The summed E-state index contributed by atoms with van der Waals surface area (Å²) in [5.41, 5.74) is 2.66. The molecular weight excluding hydrogens is 302 g/mol. The number of aliphatic imine (C=N–C) groups is 1. The van der Waals surface area contributed by atoms with Crippen LogP contribution in [0.15, 0.2) is 29.3 Å². The zero-order valence-corrected chi connectivity index (χ0v) is 15.3. The van der Waals surface area contributed by atoms with Gasteiger partial charge in [0.25, 0.3) is 0 Å². The topological polar surface area (TPSA) is 46.1 Å². The molecule has 2 rings (SSSR count). The highest BCUT2D eigenvalue weighted by atomic mass is 16.5. The first-order valence-electron chi connectivity index (χ1n) is 8.80. The molecule has 1 saturated heterocycles. The standard InChI is InChI=1S/C19H31N3O2/c1-16-4-6-17(7-5-16)8-10-21-19(20-2)22-11-9-18(14-22)15-24-13-12-23-3/h4-7,18H,8-15H2,1-3H3,(H,20,21). The minimum absolute atomic E-state index is 0.581. The molecule has 1 unspecified atom stereocenters. The smallest absolute Gasteiger partial charge is 0.193 e. The van der Waals surface area contributed by atoms with Gasteiger partial charge >= 0.3 is 0 Å². The first kappa shape index (κ1) is 18.7. The molecule has 0 spiro atoms. The van der Waals surface area contributed by atoms with Crippen LogP contribution in [0.25, 0.3) is 0 Å². The fraction of sp³-hybridized carbons (Fsp3) is 0.632. The maximum atomic E-state index is 5.66. The molecule has 1 N–H and O–H groups in total. The van der Waals surface area contributed by atoms with Crippen molar-refractivity contribution >= 4 is 5.96 Å². The van der Waals surface area contributed by atoms with Crippen molar-refractivity contribution in [2.45, 2.75) is 19.8 Å². The summed E-state index contributed by atoms with van der Waals surface area (Å²) in [6.07, 6.45) is 2.17. The van der Waals surface area contributed by atoms with Gasteiger partial charge in [0.15, 0.2) is 5.96 Å². The van der Waals surface area contributed by atoms with Crippen molar-refractivity contribution in [2.24, 2.45) is 10.9 Å². The maximum Gasteiger partial charge on any atom is 0.193 e. The fourth-order valence-corrected chi connectivity index (χ4v) is 2.96. The number of ether oxygens (including phenoxy) is 2. The molecule has 0 aliphatic carbocycles. The summed E-state index contributed by atoms with van der Waals surface area (Å²) in [7, 11) is 3.56. The molecule has 0 radical (unpaired) electrons. The van der Waals surface area contributed by atoms with Crippen molar-refractivity contribution in [3.05, 3.63) is 35.4 Å². The van der Waals surface area contributed by atoms with Gasteiger partial charge in [-0.3, -0.25) is 4.99 Å². The first-order valence-corrected chi connectivity index (χ1v) is 8.80. The largest absolute Gasteiger partial charge is 0.382 e. The van der Waals surface area contributed by atoms with Gasteiger partial charge in [0, 0.05) is 39.7 Å². The SMILES string of the molecule is CN=C(NCCc1ccc(C)cc1)N1CCC(COCCOC)C1. The Kier molecular flexibility index (Phi) is 8.05. The molecule has 0 bridgehead atoms. The molecule has 1 aromatic carbocycles. The van der Waals surface area contributed by atoms with E-state index in [1.165, 1.54) is 11.1 Å². The molecule has 24 heavy (non-hydrogen) atoms. The van der Waals surface area contributed by atoms with Gasteiger partial charge in [0.1, 0.15) is 0 Å². The lowest BCUT2D eigenvalue weighted by molar-refractivity contribution is 0.0536. The van der Waals surface area contributed by atoms with Crippen molar-refractivity contribution in [1.82, 2.24) is 10.2 Å². The van der Waals surface area contributed by atoms with Gasteiger partial charge in [0.05, 0.1) is 19.8 Å². The molecule has 1 aliphatic heterocycles. The monoisotopic (exact) mass is 333 g/mol. The van der Waals surface area contributed by atoms with Gasteiger partial charge in [0.2, 0.25) is 0 Å². The van der Waals surface area contributed by atoms with Gasteiger partial charge in [-0.2, -0.15) is 0 Å². The highest BCUT2D eigenvalue weighted by Crippen LogP contribution is 2.16. The number of aryl methyl sites for hydroxylation is 1. The van der Waals surface area contributed by atoms with E-state index in [1.54, 1.807) is 7.11 Å². The molecule has 1 heterocycles. The average Bonchev–Trinajstić information content (AvgIpc) is 3.06. The Morgan fingerprint density at radius 2 is 2.08 bits per heavy atom. The number of methoxy groups -OCH3 is 1. The summed E-state index contributed by atoms with van der Waals surface area (Å²) in [5.74, 6) is 1.58. The molecule has 0 saturated carbocycles. The van der Waals surface area contributed by atoms with Crippen molar-refractivity contribution < 1.29 is 9.47 Å².